The van der Waals surface area contributed by atoms with Crippen molar-refractivity contribution in [3.05, 3.63) is 406 Å². The molecule has 0 amide bonds. The van der Waals surface area contributed by atoms with Gasteiger partial charge in [-0.15, -0.1) is 0 Å². The lowest BCUT2D eigenvalue weighted by Crippen LogP contribution is -2.31. The van der Waals surface area contributed by atoms with E-state index in [0.717, 1.165) is 199 Å². The van der Waals surface area contributed by atoms with Gasteiger partial charge in [-0.3, -0.25) is 0 Å². The predicted molar refractivity (Wildman–Crippen MR) is 554 cm³/mol. The second kappa shape index (κ2) is 37.8. The van der Waals surface area contributed by atoms with E-state index in [2.05, 4.69) is 151 Å². The zero-order valence-electron chi connectivity index (χ0n) is 85.0. The maximum absolute atomic E-state index is 8.47. The Morgan fingerprint density at radius 2 is 0.701 bits per heavy atom. The molecule has 0 bridgehead atoms. The molecule has 10 aromatic heterocycles. The van der Waals surface area contributed by atoms with Gasteiger partial charge in [0.05, 0.1) is 60.7 Å². The fourth-order valence-corrected chi connectivity index (χ4v) is 18.9. The number of hydrogen-bond acceptors (Lipinski definition) is 5. The third-order valence-corrected chi connectivity index (χ3v) is 25.6. The number of benzene rings is 12. The van der Waals surface area contributed by atoms with Crippen molar-refractivity contribution in [1.82, 2.24) is 0 Å². The van der Waals surface area contributed by atoms with Crippen LogP contribution < -0.4 is 22.8 Å². The highest BCUT2D eigenvalue weighted by Crippen LogP contribution is 2.49. The minimum absolute atomic E-state index is 0.120. The zero-order valence-corrected chi connectivity index (χ0v) is 79.0. The largest absolute Gasteiger partial charge is 0.456 e. The van der Waals surface area contributed by atoms with Crippen molar-refractivity contribution in [3.8, 4) is 78.5 Å². The van der Waals surface area contributed by atoms with Crippen molar-refractivity contribution in [3.63, 3.8) is 0 Å². The highest BCUT2D eigenvalue weighted by Gasteiger charge is 2.30. The van der Waals surface area contributed by atoms with Crippen LogP contribution in [0.2, 0.25) is 0 Å². The van der Waals surface area contributed by atoms with Gasteiger partial charge in [0.15, 0.2) is 59.4 Å². The highest BCUT2D eigenvalue weighted by molar-refractivity contribution is 6.19. The van der Waals surface area contributed by atoms with Gasteiger partial charge in [-0.2, -0.15) is 0 Å². The van der Waals surface area contributed by atoms with Gasteiger partial charge in [-0.25, -0.2) is 47.1 Å². The number of aromatic nitrogens is 5. The molecule has 22 rings (SSSR count). The Balaban J connectivity index is 0.000000118. The molecule has 0 spiro atoms. The Morgan fingerprint density at radius 1 is 0.321 bits per heavy atom. The summed E-state index contributed by atoms with van der Waals surface area (Å²) in [6, 6.07) is 89.6. The lowest BCUT2D eigenvalue weighted by atomic mass is 9.96. The Morgan fingerprint density at radius 3 is 1.15 bits per heavy atom. The molecule has 666 valence electrons. The molecule has 0 N–H and O–H groups in total. The standard InChI is InChI=1S/2C26H19N2O.C24H23N2O.2C23H21N2O/c1-17-12-13-19-20-14-15-21(27-2)24(18-9-5-4-6-10-18)26(20)29-25(19)23(17)22-11-7-8-16-28(22)3;1-17-12-13-20-25-21(18-9-5-4-6-10-18)15-19(27-2)16-23(25)29-26(20)24(17)22-11-7-8-14-28(22)3;1-15(2)12-17-7-11-21(26(5)14-17)23-16(3)6-9-20-19-10-8-18(25-4)13-22(19)27-24(20)23;1-14(2)16-10-11-25(5)20(12-16)22-15(3)6-8-19-18-9-7-17(24-4)13-21(18)26-23(19)22;1-14(2)20-18(24-4)12-11-17-16-10-9-15(3)21(23(16)26-22(17)20)19-8-6-7-13-25(19)5/h2*4-16H,1,3H3;6-11,13-15H,12H2,1-3,5H3;2*6-14H,1-3,5H3/q5*+1/i;;12D2;1D3,14D;. The van der Waals surface area contributed by atoms with Crippen LogP contribution in [0.1, 0.15) is 106 Å². The summed E-state index contributed by atoms with van der Waals surface area (Å²) in [5.41, 5.74) is 32.5. The van der Waals surface area contributed by atoms with Gasteiger partial charge in [0.1, 0.15) is 91.1 Å². The second-order valence-corrected chi connectivity index (χ2v) is 35.4. The smallest absolute Gasteiger partial charge is 0.216 e. The van der Waals surface area contributed by atoms with Crippen molar-refractivity contribution < 1.29 is 53.1 Å². The summed E-state index contributed by atoms with van der Waals surface area (Å²) >= 11 is 0. The van der Waals surface area contributed by atoms with E-state index in [1.807, 2.05) is 261 Å². The van der Waals surface area contributed by atoms with Crippen LogP contribution in [0.25, 0.3) is 212 Å². The average molecular weight is 1800 g/mol. The van der Waals surface area contributed by atoms with Crippen LogP contribution in [0.3, 0.4) is 0 Å². The zero-order chi connectivity index (χ0) is 101. The summed E-state index contributed by atoms with van der Waals surface area (Å²) in [5.74, 6) is -1.64. The third-order valence-electron chi connectivity index (χ3n) is 25.6. The molecule has 0 aliphatic rings. The summed E-state index contributed by atoms with van der Waals surface area (Å²) in [6.07, 6.45) is 8.39. The summed E-state index contributed by atoms with van der Waals surface area (Å²) in [5, 5.41) is 10.3. The van der Waals surface area contributed by atoms with E-state index in [0.29, 0.717) is 56.3 Å². The number of furan rings is 5. The number of rotatable bonds is 11. The molecular weight excluding hydrogens is 1690 g/mol. The minimum Gasteiger partial charge on any atom is -0.456 e. The predicted octanol–water partition coefficient (Wildman–Crippen LogP) is 31.5. The van der Waals surface area contributed by atoms with E-state index >= 15 is 0 Å². The van der Waals surface area contributed by atoms with Crippen molar-refractivity contribution in [1.29, 1.82) is 0 Å². The molecule has 10 heterocycles. The second-order valence-electron chi connectivity index (χ2n) is 35.4. The van der Waals surface area contributed by atoms with E-state index < -0.39 is 19.1 Å². The van der Waals surface area contributed by atoms with Crippen molar-refractivity contribution in [2.24, 2.45) is 41.2 Å². The highest BCUT2D eigenvalue weighted by atomic mass is 16.3. The number of aryl methyl sites for hydroxylation is 10. The molecule has 0 saturated heterocycles. The lowest BCUT2D eigenvalue weighted by molar-refractivity contribution is -0.660. The summed E-state index contributed by atoms with van der Waals surface area (Å²) in [6.45, 7) is 54.5. The van der Waals surface area contributed by atoms with E-state index in [9.17, 15) is 0 Å². The average Bonchev–Trinajstić information content (AvgIpc) is 1.61. The minimum atomic E-state index is -2.46. The first kappa shape index (κ1) is 83.0. The fraction of sp³-hybridized carbons (Fsp3) is 0.164. The Labute approximate surface area is 806 Å². The molecule has 15 heteroatoms. The molecule has 22 aromatic rings. The number of hydrogen-bond donors (Lipinski definition) is 0. The van der Waals surface area contributed by atoms with Crippen LogP contribution in [-0.4, -0.2) is 0 Å². The quantitative estimate of drug-likeness (QED) is 0.0947. The van der Waals surface area contributed by atoms with E-state index in [-0.39, 0.29) is 11.8 Å². The molecule has 0 fully saturated rings. The molecular formula is C122H103N10O5+5. The van der Waals surface area contributed by atoms with Crippen LogP contribution in [0.4, 0.5) is 28.4 Å². The Kier molecular flexibility index (Phi) is 22.9. The van der Waals surface area contributed by atoms with Crippen molar-refractivity contribution in [2.75, 3.05) is 0 Å². The summed E-state index contributed by atoms with van der Waals surface area (Å²) in [7, 11) is 9.96. The first-order valence-corrected chi connectivity index (χ1v) is 45.4. The molecule has 137 heavy (non-hydrogen) atoms. The summed E-state index contributed by atoms with van der Waals surface area (Å²) < 4.78 is 90.6. The number of pyridine rings is 5. The monoisotopic (exact) mass is 1790 g/mol. The van der Waals surface area contributed by atoms with Crippen molar-refractivity contribution >= 4 is 138 Å². The Bertz CT molecular complexity index is 9060. The van der Waals surface area contributed by atoms with Crippen molar-refractivity contribution in [2.45, 2.75) is 94.3 Å². The van der Waals surface area contributed by atoms with E-state index in [1.165, 1.54) is 12.5 Å². The van der Waals surface area contributed by atoms with E-state index in [1.54, 1.807) is 36.5 Å². The Hall–Kier alpha value is -17.2. The van der Waals surface area contributed by atoms with Crippen LogP contribution in [0.15, 0.2) is 326 Å². The van der Waals surface area contributed by atoms with Gasteiger partial charge in [0, 0.05) is 133 Å². The van der Waals surface area contributed by atoms with Crippen LogP contribution in [0.5, 0.6) is 0 Å². The fourth-order valence-electron chi connectivity index (χ4n) is 18.9. The molecule has 0 aliphatic carbocycles. The molecule has 12 aromatic carbocycles. The van der Waals surface area contributed by atoms with Gasteiger partial charge < -0.3 is 22.1 Å². The van der Waals surface area contributed by atoms with Crippen LogP contribution in [-0.2, 0) is 41.6 Å². The molecule has 15 nitrogen and oxygen atoms in total. The summed E-state index contributed by atoms with van der Waals surface area (Å²) in [4.78, 5) is 18.1. The number of fused-ring (bicyclic) bond motifs is 15. The molecule has 0 aliphatic heterocycles. The topological polar surface area (TPSA) is 107 Å². The molecule has 1 unspecified atom stereocenters. The van der Waals surface area contributed by atoms with Gasteiger partial charge in [-0.05, 0) is 157 Å². The first-order chi connectivity index (χ1) is 68.7. The van der Waals surface area contributed by atoms with Gasteiger partial charge in [0.25, 0.3) is 0 Å². The van der Waals surface area contributed by atoms with E-state index in [4.69, 9.17) is 63.2 Å². The third kappa shape index (κ3) is 17.0. The molecule has 0 radical (unpaired) electrons. The maximum Gasteiger partial charge on any atom is 0.216 e. The van der Waals surface area contributed by atoms with Gasteiger partial charge in [-0.1, -0.05) is 211 Å². The van der Waals surface area contributed by atoms with Gasteiger partial charge >= 0.3 is 0 Å². The molecule has 1 atom stereocenters. The maximum atomic E-state index is 8.47. The normalized spacial score (nSPS) is 12.5. The first-order valence-electron chi connectivity index (χ1n) is 48.4. The lowest BCUT2D eigenvalue weighted by Gasteiger charge is -2.09. The SMILES string of the molecule is [2H]C([2H])([2H])C([2H])(C)c1cc[n+](C)c(-c2c(C)ccc3c2oc2cc([N+]#[C-])ccc23)c1.[2H]C([2H])(c1ccc(-c2c(C)ccc3c2oc2cc([N+]#[C-])ccc23)[n+](C)c1)C(C)C.[C-]#[N+]c1cc(-c2ccccc2)c2c(c1)oc1c(-c3cccc[n+]3C)c(C)ccc12.[C-]#[N+]c1ccc2c(oc3c(-c4cccc[n+]4C)c(C)ccc32)c1-c1ccccc1.[C-]#[N+]c1ccc2c(oc3c(-c4cccc[n+]4C)c(C)ccc32)c1C(C)C. The van der Waals surface area contributed by atoms with Crippen LogP contribution in [0, 0.1) is 73.4 Å². The molecule has 0 saturated carbocycles. The number of nitrogens with zero attached hydrogens (tertiary/aromatic N) is 10. The van der Waals surface area contributed by atoms with Gasteiger partial charge in [0.2, 0.25) is 28.5 Å². The van der Waals surface area contributed by atoms with Crippen LogP contribution >= 0.6 is 0 Å².